The van der Waals surface area contributed by atoms with Gasteiger partial charge in [0.05, 0.1) is 12.8 Å². The first-order valence-corrected chi connectivity index (χ1v) is 7.97. The Kier molecular flexibility index (Phi) is 4.50. The molecule has 0 saturated carbocycles. The minimum Gasteiger partial charge on any atom is -0.495 e. The Bertz CT molecular complexity index is 705. The lowest BCUT2D eigenvalue weighted by Gasteiger charge is -2.31. The van der Waals surface area contributed by atoms with Crippen molar-refractivity contribution in [1.29, 1.82) is 0 Å². The van der Waals surface area contributed by atoms with Crippen LogP contribution in [0.25, 0.3) is 0 Å². The van der Waals surface area contributed by atoms with Crippen molar-refractivity contribution in [2.75, 3.05) is 23.9 Å². The number of nitrogens with zero attached hydrogens (tertiary/aromatic N) is 1. The molecule has 3 nitrogen and oxygen atoms in total. The highest BCUT2D eigenvalue weighted by molar-refractivity contribution is 7.80. The summed E-state index contributed by atoms with van der Waals surface area (Å²) in [5.41, 5.74) is 3.28. The largest absolute Gasteiger partial charge is 0.495 e. The van der Waals surface area contributed by atoms with Gasteiger partial charge in [-0.1, -0.05) is 29.8 Å². The molecule has 0 spiro atoms. The fraction of sp³-hybridized carbons (Fsp3) is 0.235. The molecule has 0 aliphatic carbocycles. The van der Waals surface area contributed by atoms with Crippen molar-refractivity contribution in [3.05, 3.63) is 53.1 Å². The molecule has 0 amide bonds. The van der Waals surface area contributed by atoms with E-state index in [1.165, 1.54) is 11.3 Å². The van der Waals surface area contributed by atoms with Crippen molar-refractivity contribution in [1.82, 2.24) is 0 Å². The van der Waals surface area contributed by atoms with Crippen LogP contribution in [0.5, 0.6) is 5.75 Å². The molecule has 3 rings (SSSR count). The molecule has 0 fully saturated rings. The zero-order chi connectivity index (χ0) is 15.5. The molecule has 5 heteroatoms. The van der Waals surface area contributed by atoms with Gasteiger partial charge in [-0.05, 0) is 54.9 Å². The summed E-state index contributed by atoms with van der Waals surface area (Å²) in [6.45, 7) is 0.908. The minimum absolute atomic E-state index is 0.644. The average Bonchev–Trinajstić information content (AvgIpc) is 2.54. The average molecular weight is 333 g/mol. The first-order valence-electron chi connectivity index (χ1n) is 7.19. The predicted molar refractivity (Wildman–Crippen MR) is 96.3 cm³/mol. The van der Waals surface area contributed by atoms with Crippen LogP contribution in [0.4, 0.5) is 11.4 Å². The van der Waals surface area contributed by atoms with E-state index in [-0.39, 0.29) is 0 Å². The summed E-state index contributed by atoms with van der Waals surface area (Å²) in [6, 6.07) is 13.8. The lowest BCUT2D eigenvalue weighted by molar-refractivity contribution is 0.417. The number of nitrogens with one attached hydrogen (secondary N) is 1. The van der Waals surface area contributed by atoms with Crippen LogP contribution in [0.15, 0.2) is 42.5 Å². The molecule has 114 valence electrons. The molecule has 22 heavy (non-hydrogen) atoms. The monoisotopic (exact) mass is 332 g/mol. The Balaban J connectivity index is 1.86. The highest BCUT2D eigenvalue weighted by Crippen LogP contribution is 2.30. The van der Waals surface area contributed by atoms with Gasteiger partial charge in [0.15, 0.2) is 5.11 Å². The molecule has 0 unspecified atom stereocenters. The first-order chi connectivity index (χ1) is 10.7. The van der Waals surface area contributed by atoms with Gasteiger partial charge in [0.25, 0.3) is 0 Å². The zero-order valence-corrected chi connectivity index (χ0v) is 13.9. The van der Waals surface area contributed by atoms with Gasteiger partial charge in [0.1, 0.15) is 5.75 Å². The summed E-state index contributed by atoms with van der Waals surface area (Å²) in [5.74, 6) is 0.719. The summed E-state index contributed by atoms with van der Waals surface area (Å²) < 4.78 is 5.36. The van der Waals surface area contributed by atoms with Crippen molar-refractivity contribution >= 4 is 40.3 Å². The van der Waals surface area contributed by atoms with Crippen LogP contribution >= 0.6 is 23.8 Å². The van der Waals surface area contributed by atoms with E-state index in [1.54, 1.807) is 13.2 Å². The number of hydrogen-bond acceptors (Lipinski definition) is 2. The molecule has 1 aliphatic rings. The smallest absolute Gasteiger partial charge is 0.178 e. The van der Waals surface area contributed by atoms with Crippen LogP contribution < -0.4 is 15.0 Å². The SMILES string of the molecule is COc1ccc(Cl)cc1NC(=S)N1CCCc2ccccc21. The molecule has 1 N–H and O–H groups in total. The van der Waals surface area contributed by atoms with E-state index in [1.807, 2.05) is 18.2 Å². The molecule has 0 aromatic heterocycles. The van der Waals surface area contributed by atoms with Crippen LogP contribution in [0.1, 0.15) is 12.0 Å². The third kappa shape index (κ3) is 3.03. The summed E-state index contributed by atoms with van der Waals surface area (Å²) >= 11 is 11.7. The second-order valence-electron chi connectivity index (χ2n) is 5.16. The van der Waals surface area contributed by atoms with E-state index in [9.17, 15) is 0 Å². The summed E-state index contributed by atoms with van der Waals surface area (Å²) in [6.07, 6.45) is 2.18. The number of anilines is 2. The molecule has 1 heterocycles. The topological polar surface area (TPSA) is 24.5 Å². The van der Waals surface area contributed by atoms with Crippen molar-refractivity contribution in [2.45, 2.75) is 12.8 Å². The fourth-order valence-corrected chi connectivity index (χ4v) is 3.18. The third-order valence-electron chi connectivity index (χ3n) is 3.76. The second-order valence-corrected chi connectivity index (χ2v) is 5.98. The van der Waals surface area contributed by atoms with Crippen LogP contribution in [-0.4, -0.2) is 18.8 Å². The van der Waals surface area contributed by atoms with Gasteiger partial charge in [-0.25, -0.2) is 0 Å². The normalized spacial score (nSPS) is 13.5. The van der Waals surface area contributed by atoms with Gasteiger partial charge >= 0.3 is 0 Å². The summed E-state index contributed by atoms with van der Waals surface area (Å²) in [4.78, 5) is 2.13. The second kappa shape index (κ2) is 6.55. The number of fused-ring (bicyclic) bond motifs is 1. The van der Waals surface area contributed by atoms with Gasteiger partial charge in [0.2, 0.25) is 0 Å². The highest BCUT2D eigenvalue weighted by atomic mass is 35.5. The van der Waals surface area contributed by atoms with Crippen LogP contribution in [0.2, 0.25) is 5.02 Å². The molecular weight excluding hydrogens is 316 g/mol. The quantitative estimate of drug-likeness (QED) is 0.818. The minimum atomic E-state index is 0.644. The Morgan fingerprint density at radius 1 is 1.27 bits per heavy atom. The maximum absolute atomic E-state index is 6.07. The number of methoxy groups -OCH3 is 1. The van der Waals surface area contributed by atoms with E-state index in [0.717, 1.165) is 30.8 Å². The van der Waals surface area contributed by atoms with Gasteiger partial charge in [-0.2, -0.15) is 0 Å². The third-order valence-corrected chi connectivity index (χ3v) is 4.32. The Labute approximate surface area is 140 Å². The van der Waals surface area contributed by atoms with E-state index in [4.69, 9.17) is 28.6 Å². The molecule has 2 aromatic carbocycles. The number of ether oxygens (including phenoxy) is 1. The summed E-state index contributed by atoms with van der Waals surface area (Å²) in [5, 5.41) is 4.56. The number of rotatable bonds is 2. The number of benzene rings is 2. The predicted octanol–water partition coefficient (Wildman–Crippen LogP) is 4.50. The highest BCUT2D eigenvalue weighted by Gasteiger charge is 2.20. The van der Waals surface area contributed by atoms with E-state index in [0.29, 0.717) is 10.1 Å². The molecular formula is C17H17ClN2OS. The number of thiocarbonyl (C=S) groups is 1. The van der Waals surface area contributed by atoms with Gasteiger partial charge in [0, 0.05) is 17.3 Å². The lowest BCUT2D eigenvalue weighted by atomic mass is 10.0. The van der Waals surface area contributed by atoms with Crippen molar-refractivity contribution in [2.24, 2.45) is 0 Å². The molecule has 0 bridgehead atoms. The Hall–Kier alpha value is -1.78. The van der Waals surface area contributed by atoms with Crippen LogP contribution in [0.3, 0.4) is 0 Å². The van der Waals surface area contributed by atoms with E-state index < -0.39 is 0 Å². The maximum atomic E-state index is 6.07. The number of aryl methyl sites for hydroxylation is 1. The Morgan fingerprint density at radius 3 is 2.91 bits per heavy atom. The van der Waals surface area contributed by atoms with Crippen LogP contribution in [-0.2, 0) is 6.42 Å². The standard InChI is InChI=1S/C17H17ClN2OS/c1-21-16-9-8-13(18)11-14(16)19-17(22)20-10-4-6-12-5-2-3-7-15(12)20/h2-3,5,7-9,11H,4,6,10H2,1H3,(H,19,22). The number of para-hydroxylation sites is 1. The maximum Gasteiger partial charge on any atom is 0.178 e. The van der Waals surface area contributed by atoms with Gasteiger partial charge in [-0.15, -0.1) is 0 Å². The van der Waals surface area contributed by atoms with E-state index >= 15 is 0 Å². The first kappa shape index (κ1) is 15.1. The molecule has 1 aliphatic heterocycles. The van der Waals surface area contributed by atoms with Crippen LogP contribution in [0, 0.1) is 0 Å². The summed E-state index contributed by atoms with van der Waals surface area (Å²) in [7, 11) is 1.63. The van der Waals surface area contributed by atoms with E-state index in [2.05, 4.69) is 28.4 Å². The number of hydrogen-bond donors (Lipinski definition) is 1. The van der Waals surface area contributed by atoms with Gasteiger partial charge < -0.3 is 15.0 Å². The van der Waals surface area contributed by atoms with Gasteiger partial charge in [-0.3, -0.25) is 0 Å². The fourth-order valence-electron chi connectivity index (χ4n) is 2.71. The molecule has 0 radical (unpaired) electrons. The molecule has 0 saturated heterocycles. The van der Waals surface area contributed by atoms with Crippen molar-refractivity contribution in [3.8, 4) is 5.75 Å². The molecule has 2 aromatic rings. The Morgan fingerprint density at radius 2 is 2.09 bits per heavy atom. The number of halogens is 1. The van der Waals surface area contributed by atoms with Crippen molar-refractivity contribution in [3.63, 3.8) is 0 Å². The zero-order valence-electron chi connectivity index (χ0n) is 12.3. The molecule has 0 atom stereocenters. The lowest BCUT2D eigenvalue weighted by Crippen LogP contribution is -2.38. The van der Waals surface area contributed by atoms with Crippen molar-refractivity contribution < 1.29 is 4.74 Å².